The van der Waals surface area contributed by atoms with Gasteiger partial charge >= 0.3 is 5.97 Å². The molecule has 2 aliphatic heterocycles. The average molecular weight is 210 g/mol. The summed E-state index contributed by atoms with van der Waals surface area (Å²) >= 11 is 0. The second kappa shape index (κ2) is 3.94. The minimum atomic E-state index is -0.731. The van der Waals surface area contributed by atoms with Crippen LogP contribution in [-0.4, -0.2) is 47.2 Å². The lowest BCUT2D eigenvalue weighted by molar-refractivity contribution is -0.145. The molecule has 2 rings (SSSR count). The first-order valence-corrected chi connectivity index (χ1v) is 5.54. The molecule has 0 aromatic carbocycles. The molecule has 0 spiro atoms. The van der Waals surface area contributed by atoms with Crippen molar-refractivity contribution in [1.29, 1.82) is 0 Å². The summed E-state index contributed by atoms with van der Waals surface area (Å²) in [7, 11) is 0. The molecule has 2 fully saturated rings. The number of hydrogen-bond donors (Lipinski definition) is 2. The number of carbonyl (C=O) groups is 1. The molecule has 0 aromatic heterocycles. The van der Waals surface area contributed by atoms with Gasteiger partial charge < -0.3 is 5.11 Å². The summed E-state index contributed by atoms with van der Waals surface area (Å²) in [4.78, 5) is 13.7. The zero-order chi connectivity index (χ0) is 10.9. The van der Waals surface area contributed by atoms with Gasteiger partial charge in [-0.05, 0) is 25.8 Å². The van der Waals surface area contributed by atoms with Crippen molar-refractivity contribution in [2.45, 2.75) is 30.8 Å². The molecule has 0 aromatic rings. The van der Waals surface area contributed by atoms with E-state index in [0.29, 0.717) is 13.0 Å². The lowest BCUT2D eigenvalue weighted by Gasteiger charge is -2.31. The lowest BCUT2D eigenvalue weighted by Crippen LogP contribution is -2.58. The Hall–Kier alpha value is -0.870. The molecule has 0 bridgehead atoms. The van der Waals surface area contributed by atoms with Gasteiger partial charge in [0.1, 0.15) is 5.54 Å². The highest BCUT2D eigenvalue weighted by atomic mass is 16.4. The molecular weight excluding hydrogens is 192 g/mol. The van der Waals surface area contributed by atoms with Crippen molar-refractivity contribution in [3.8, 4) is 0 Å². The van der Waals surface area contributed by atoms with E-state index >= 15 is 0 Å². The van der Waals surface area contributed by atoms with E-state index in [1.165, 1.54) is 0 Å². The lowest BCUT2D eigenvalue weighted by atomic mass is 9.88. The van der Waals surface area contributed by atoms with Crippen LogP contribution < -0.4 is 5.32 Å². The molecule has 0 radical (unpaired) electrons. The average Bonchev–Trinajstić information content (AvgIpc) is 2.76. The quantitative estimate of drug-likeness (QED) is 0.662. The summed E-state index contributed by atoms with van der Waals surface area (Å²) in [6.07, 6.45) is 4.55. The van der Waals surface area contributed by atoms with Crippen LogP contribution in [0.5, 0.6) is 0 Å². The highest BCUT2D eigenvalue weighted by Gasteiger charge is 2.53. The number of nitrogens with zero attached hydrogens (tertiary/aromatic N) is 1. The summed E-state index contributed by atoms with van der Waals surface area (Å²) < 4.78 is 0. The zero-order valence-corrected chi connectivity index (χ0v) is 8.91. The Balaban J connectivity index is 2.18. The van der Waals surface area contributed by atoms with Gasteiger partial charge in [0.15, 0.2) is 0 Å². The van der Waals surface area contributed by atoms with Crippen LogP contribution in [0, 0.1) is 0 Å². The minimum absolute atomic E-state index is 0.176. The van der Waals surface area contributed by atoms with Crippen molar-refractivity contribution >= 4 is 5.97 Å². The maximum absolute atomic E-state index is 11.4. The van der Waals surface area contributed by atoms with Gasteiger partial charge in [0.05, 0.1) is 0 Å². The van der Waals surface area contributed by atoms with E-state index in [1.54, 1.807) is 6.08 Å². The van der Waals surface area contributed by atoms with Gasteiger partial charge in [-0.2, -0.15) is 0 Å². The third kappa shape index (κ3) is 1.58. The number of aliphatic carboxylic acids is 1. The van der Waals surface area contributed by atoms with Crippen LogP contribution in [-0.2, 0) is 4.79 Å². The first-order chi connectivity index (χ1) is 7.20. The number of carboxylic acids is 1. The molecule has 15 heavy (non-hydrogen) atoms. The van der Waals surface area contributed by atoms with Gasteiger partial charge in [-0.3, -0.25) is 15.0 Å². The molecule has 2 saturated heterocycles. The second-order valence-corrected chi connectivity index (χ2v) is 4.39. The van der Waals surface area contributed by atoms with Gasteiger partial charge in [0.25, 0.3) is 0 Å². The van der Waals surface area contributed by atoms with Crippen LogP contribution in [0.3, 0.4) is 0 Å². The molecule has 4 heteroatoms. The van der Waals surface area contributed by atoms with Crippen LogP contribution in [0.4, 0.5) is 0 Å². The Bertz CT molecular complexity index is 280. The molecule has 0 amide bonds. The standard InChI is InChI=1S/C11H18N2O2/c1-2-6-12-11(10(14)15)5-8-13-7-3-4-9(11)13/h2,9,12H,1,3-8H2,(H,14,15). The Kier molecular flexibility index (Phi) is 2.80. The fourth-order valence-electron chi connectivity index (χ4n) is 2.92. The largest absolute Gasteiger partial charge is 0.480 e. The molecule has 4 nitrogen and oxygen atoms in total. The van der Waals surface area contributed by atoms with Gasteiger partial charge in [-0.15, -0.1) is 6.58 Å². The van der Waals surface area contributed by atoms with Crippen molar-refractivity contribution < 1.29 is 9.90 Å². The molecule has 0 saturated carbocycles. The van der Waals surface area contributed by atoms with Crippen LogP contribution in [0.15, 0.2) is 12.7 Å². The van der Waals surface area contributed by atoms with E-state index in [1.807, 2.05) is 0 Å². The van der Waals surface area contributed by atoms with Crippen LogP contribution in [0.25, 0.3) is 0 Å². The third-order valence-corrected chi connectivity index (χ3v) is 3.67. The molecule has 2 heterocycles. The monoisotopic (exact) mass is 210 g/mol. The molecule has 2 aliphatic rings. The van der Waals surface area contributed by atoms with Crippen molar-refractivity contribution in [3.63, 3.8) is 0 Å². The molecular formula is C11H18N2O2. The topological polar surface area (TPSA) is 52.6 Å². The summed E-state index contributed by atoms with van der Waals surface area (Å²) in [6.45, 7) is 6.15. The predicted molar refractivity (Wildman–Crippen MR) is 57.8 cm³/mol. The maximum atomic E-state index is 11.4. The number of carboxylic acid groups (broad SMARTS) is 1. The van der Waals surface area contributed by atoms with Gasteiger partial charge in [-0.25, -0.2) is 0 Å². The predicted octanol–water partition coefficient (Wildman–Crippen LogP) is 0.454. The first-order valence-electron chi connectivity index (χ1n) is 5.54. The second-order valence-electron chi connectivity index (χ2n) is 4.39. The van der Waals surface area contributed by atoms with Crippen molar-refractivity contribution in [2.75, 3.05) is 19.6 Å². The van der Waals surface area contributed by atoms with E-state index in [4.69, 9.17) is 0 Å². The van der Waals surface area contributed by atoms with E-state index in [9.17, 15) is 9.90 Å². The van der Waals surface area contributed by atoms with E-state index in [2.05, 4.69) is 16.8 Å². The Morgan fingerprint density at radius 3 is 3.13 bits per heavy atom. The van der Waals surface area contributed by atoms with Crippen LogP contribution in [0.2, 0.25) is 0 Å². The SMILES string of the molecule is C=CCNC1(C(=O)O)CCN2CCCC21. The summed E-state index contributed by atoms with van der Waals surface area (Å²) in [5.41, 5.74) is -0.731. The Morgan fingerprint density at radius 2 is 2.47 bits per heavy atom. The fourth-order valence-corrected chi connectivity index (χ4v) is 2.92. The number of fused-ring (bicyclic) bond motifs is 1. The summed E-state index contributed by atoms with van der Waals surface area (Å²) in [5, 5.41) is 12.6. The summed E-state index contributed by atoms with van der Waals surface area (Å²) in [5.74, 6) is -0.709. The van der Waals surface area contributed by atoms with Crippen molar-refractivity contribution in [2.24, 2.45) is 0 Å². The normalized spacial score (nSPS) is 35.3. The number of nitrogens with one attached hydrogen (secondary N) is 1. The number of rotatable bonds is 4. The molecule has 2 atom stereocenters. The molecule has 0 aliphatic carbocycles. The van der Waals surface area contributed by atoms with Gasteiger partial charge in [-0.1, -0.05) is 6.08 Å². The highest BCUT2D eigenvalue weighted by molar-refractivity contribution is 5.80. The number of hydrogen-bond acceptors (Lipinski definition) is 3. The molecule has 2 N–H and O–H groups in total. The third-order valence-electron chi connectivity index (χ3n) is 3.67. The van der Waals surface area contributed by atoms with Gasteiger partial charge in [0, 0.05) is 19.1 Å². The smallest absolute Gasteiger partial charge is 0.325 e. The maximum Gasteiger partial charge on any atom is 0.325 e. The molecule has 2 unspecified atom stereocenters. The van der Waals surface area contributed by atoms with Crippen molar-refractivity contribution in [1.82, 2.24) is 10.2 Å². The summed E-state index contributed by atoms with van der Waals surface area (Å²) in [6, 6.07) is 0.176. The minimum Gasteiger partial charge on any atom is -0.480 e. The molecule has 84 valence electrons. The van der Waals surface area contributed by atoms with Crippen molar-refractivity contribution in [3.05, 3.63) is 12.7 Å². The van der Waals surface area contributed by atoms with E-state index in [0.717, 1.165) is 25.9 Å². The Labute approximate surface area is 90.0 Å². The zero-order valence-electron chi connectivity index (χ0n) is 8.91. The van der Waals surface area contributed by atoms with Crippen LogP contribution in [0.1, 0.15) is 19.3 Å². The highest BCUT2D eigenvalue weighted by Crippen LogP contribution is 2.36. The van der Waals surface area contributed by atoms with E-state index in [-0.39, 0.29) is 6.04 Å². The first kappa shape index (κ1) is 10.6. The Morgan fingerprint density at radius 1 is 1.67 bits per heavy atom. The van der Waals surface area contributed by atoms with Gasteiger partial charge in [0.2, 0.25) is 0 Å². The van der Waals surface area contributed by atoms with E-state index < -0.39 is 11.5 Å². The van der Waals surface area contributed by atoms with Crippen LogP contribution >= 0.6 is 0 Å². The fraction of sp³-hybridized carbons (Fsp3) is 0.727.